The average molecular weight is 367 g/mol. The van der Waals surface area contributed by atoms with Crippen LogP contribution in [0.5, 0.6) is 0 Å². The van der Waals surface area contributed by atoms with Gasteiger partial charge in [0, 0.05) is 31.2 Å². The number of nitrogens with zero attached hydrogens (tertiary/aromatic N) is 3. The molecule has 27 heavy (non-hydrogen) atoms. The fraction of sp³-hybridized carbons (Fsp3) is 0.500. The Bertz CT molecular complexity index is 891. The van der Waals surface area contributed by atoms with Gasteiger partial charge in [-0.15, -0.1) is 0 Å². The number of aryl methyl sites for hydroxylation is 3. The number of carbonyl (C=O) groups is 2. The second-order valence-electron chi connectivity index (χ2n) is 7.63. The molecule has 1 atom stereocenters. The molecular weight excluding hydrogens is 338 g/mol. The molecule has 0 aliphatic carbocycles. The molecule has 1 aromatic carbocycles. The number of rotatable bonds is 4. The molecule has 0 spiro atoms. The third-order valence-electron chi connectivity index (χ3n) is 5.67. The van der Waals surface area contributed by atoms with Gasteiger partial charge in [-0.2, -0.15) is 0 Å². The van der Waals surface area contributed by atoms with Crippen molar-refractivity contribution in [2.24, 2.45) is 0 Å². The van der Waals surface area contributed by atoms with Gasteiger partial charge in [-0.3, -0.25) is 14.6 Å². The molecule has 144 valence electrons. The molecule has 1 aromatic heterocycles. The molecule has 2 aromatic rings. The van der Waals surface area contributed by atoms with Gasteiger partial charge in [0.05, 0.1) is 11.1 Å². The normalized spacial score (nSPS) is 17.7. The first-order valence-electron chi connectivity index (χ1n) is 9.78. The number of hydrogen-bond donors (Lipinski definition) is 0. The minimum absolute atomic E-state index is 0.0464. The van der Waals surface area contributed by atoms with E-state index >= 15 is 0 Å². The maximum absolute atomic E-state index is 13.5. The average Bonchev–Trinajstić information content (AvgIpc) is 2.65. The maximum Gasteiger partial charge on any atom is 0.255 e. The van der Waals surface area contributed by atoms with E-state index in [1.54, 1.807) is 9.80 Å². The molecule has 1 unspecified atom stereocenters. The van der Waals surface area contributed by atoms with Gasteiger partial charge in [-0.25, -0.2) is 0 Å². The molecule has 0 radical (unpaired) electrons. The summed E-state index contributed by atoms with van der Waals surface area (Å²) in [6, 6.07) is 5.51. The lowest BCUT2D eigenvalue weighted by Crippen LogP contribution is -2.57. The summed E-state index contributed by atoms with van der Waals surface area (Å²) in [5.41, 5.74) is 4.62. The van der Waals surface area contributed by atoms with E-state index in [-0.39, 0.29) is 17.9 Å². The molecule has 0 saturated carbocycles. The molecule has 0 N–H and O–H groups in total. The van der Waals surface area contributed by atoms with Crippen molar-refractivity contribution in [3.8, 4) is 0 Å². The van der Waals surface area contributed by atoms with Gasteiger partial charge in [-0.05, 0) is 44.4 Å². The first kappa shape index (κ1) is 19.3. The van der Waals surface area contributed by atoms with Crippen LogP contribution >= 0.6 is 0 Å². The fourth-order valence-electron chi connectivity index (χ4n) is 3.82. The third-order valence-corrected chi connectivity index (χ3v) is 5.67. The van der Waals surface area contributed by atoms with Gasteiger partial charge in [0.2, 0.25) is 5.91 Å². The topological polar surface area (TPSA) is 53.5 Å². The highest BCUT2D eigenvalue weighted by Crippen LogP contribution is 2.27. The van der Waals surface area contributed by atoms with E-state index in [0.29, 0.717) is 25.1 Å². The number of aromatic nitrogens is 1. The summed E-state index contributed by atoms with van der Waals surface area (Å²) in [5.74, 6) is -0.0125. The first-order chi connectivity index (χ1) is 12.8. The van der Waals surface area contributed by atoms with Gasteiger partial charge in [-0.1, -0.05) is 31.9 Å². The Morgan fingerprint density at radius 1 is 1.22 bits per heavy atom. The van der Waals surface area contributed by atoms with Crippen LogP contribution in [0.3, 0.4) is 0 Å². The van der Waals surface area contributed by atoms with Crippen molar-refractivity contribution in [1.29, 1.82) is 0 Å². The SMILES string of the molecule is CCCCC1C(=O)N(C)CCN1C(=O)c1cc(C)nc2c(C)c(C)ccc12. The van der Waals surface area contributed by atoms with Gasteiger partial charge in [0.25, 0.3) is 5.91 Å². The highest BCUT2D eigenvalue weighted by Gasteiger charge is 2.36. The van der Waals surface area contributed by atoms with E-state index in [2.05, 4.69) is 18.8 Å². The summed E-state index contributed by atoms with van der Waals surface area (Å²) in [5, 5.41) is 0.870. The highest BCUT2D eigenvalue weighted by atomic mass is 16.2. The number of fused-ring (bicyclic) bond motifs is 1. The van der Waals surface area contributed by atoms with Crippen LogP contribution in [-0.4, -0.2) is 52.8 Å². The Kier molecular flexibility index (Phi) is 5.49. The lowest BCUT2D eigenvalue weighted by molar-refractivity contribution is -0.138. The number of unbranched alkanes of at least 4 members (excludes halogenated alkanes) is 1. The van der Waals surface area contributed by atoms with E-state index < -0.39 is 0 Å². The standard InChI is InChI=1S/C22H29N3O2/c1-6-7-8-19-22(27)24(5)11-12-25(19)21(26)18-13-15(3)23-20-16(4)14(2)9-10-17(18)20/h9-10,13,19H,6-8,11-12H2,1-5H3. The molecule has 5 nitrogen and oxygen atoms in total. The quantitative estimate of drug-likeness (QED) is 0.829. The van der Waals surface area contributed by atoms with Crippen LogP contribution in [0.2, 0.25) is 0 Å². The van der Waals surface area contributed by atoms with E-state index in [1.807, 2.05) is 39.1 Å². The predicted octanol–water partition coefficient (Wildman–Crippen LogP) is 3.63. The maximum atomic E-state index is 13.5. The Morgan fingerprint density at radius 2 is 1.96 bits per heavy atom. The second kappa shape index (κ2) is 7.67. The zero-order valence-corrected chi connectivity index (χ0v) is 17.0. The molecule has 0 bridgehead atoms. The van der Waals surface area contributed by atoms with Gasteiger partial charge >= 0.3 is 0 Å². The minimum Gasteiger partial charge on any atom is -0.342 e. The zero-order chi connectivity index (χ0) is 19.7. The summed E-state index contributed by atoms with van der Waals surface area (Å²) >= 11 is 0. The van der Waals surface area contributed by atoms with Crippen molar-refractivity contribution in [3.05, 3.63) is 40.6 Å². The smallest absolute Gasteiger partial charge is 0.255 e. The molecule has 5 heteroatoms. The van der Waals surface area contributed by atoms with E-state index in [0.717, 1.165) is 40.6 Å². The lowest BCUT2D eigenvalue weighted by Gasteiger charge is -2.39. The van der Waals surface area contributed by atoms with Crippen molar-refractivity contribution in [3.63, 3.8) is 0 Å². The van der Waals surface area contributed by atoms with Crippen LogP contribution < -0.4 is 0 Å². The lowest BCUT2D eigenvalue weighted by atomic mass is 9.98. The van der Waals surface area contributed by atoms with Crippen molar-refractivity contribution in [2.75, 3.05) is 20.1 Å². The molecule has 1 aliphatic heterocycles. The monoisotopic (exact) mass is 367 g/mol. The molecule has 1 aliphatic rings. The minimum atomic E-state index is -0.369. The summed E-state index contributed by atoms with van der Waals surface area (Å²) in [6.45, 7) is 9.27. The molecule has 2 amide bonds. The van der Waals surface area contributed by atoms with E-state index in [1.165, 1.54) is 0 Å². The summed E-state index contributed by atoms with van der Waals surface area (Å²) in [7, 11) is 1.82. The number of benzene rings is 1. The summed E-state index contributed by atoms with van der Waals surface area (Å²) in [4.78, 5) is 34.4. The Hall–Kier alpha value is -2.43. The van der Waals surface area contributed by atoms with Crippen molar-refractivity contribution in [1.82, 2.24) is 14.8 Å². The van der Waals surface area contributed by atoms with Crippen LogP contribution in [0.1, 0.15) is 53.4 Å². The van der Waals surface area contributed by atoms with Crippen molar-refractivity contribution < 1.29 is 9.59 Å². The number of likely N-dealkylation sites (N-methyl/N-ethyl adjacent to an activating group) is 1. The molecular formula is C22H29N3O2. The van der Waals surface area contributed by atoms with Crippen LogP contribution in [0.15, 0.2) is 18.2 Å². The molecule has 2 heterocycles. The Morgan fingerprint density at radius 3 is 2.67 bits per heavy atom. The van der Waals surface area contributed by atoms with Gasteiger partial charge in [0.1, 0.15) is 6.04 Å². The van der Waals surface area contributed by atoms with Gasteiger partial charge < -0.3 is 9.80 Å². The fourth-order valence-corrected chi connectivity index (χ4v) is 3.82. The van der Waals surface area contributed by atoms with Crippen LogP contribution in [0.25, 0.3) is 10.9 Å². The number of amides is 2. The van der Waals surface area contributed by atoms with E-state index in [9.17, 15) is 9.59 Å². The largest absolute Gasteiger partial charge is 0.342 e. The van der Waals surface area contributed by atoms with Crippen molar-refractivity contribution in [2.45, 2.75) is 53.0 Å². The molecule has 1 saturated heterocycles. The number of hydrogen-bond acceptors (Lipinski definition) is 3. The van der Waals surface area contributed by atoms with E-state index in [4.69, 9.17) is 0 Å². The molecule has 3 rings (SSSR count). The van der Waals surface area contributed by atoms with Gasteiger partial charge in [0.15, 0.2) is 0 Å². The second-order valence-corrected chi connectivity index (χ2v) is 7.63. The third kappa shape index (κ3) is 3.55. The number of pyridine rings is 1. The predicted molar refractivity (Wildman–Crippen MR) is 108 cm³/mol. The van der Waals surface area contributed by atoms with Crippen LogP contribution in [0.4, 0.5) is 0 Å². The molecule has 1 fully saturated rings. The number of carbonyl (C=O) groups excluding carboxylic acids is 2. The Balaban J connectivity index is 2.06. The Labute approximate surface area is 161 Å². The highest BCUT2D eigenvalue weighted by molar-refractivity contribution is 6.08. The summed E-state index contributed by atoms with van der Waals surface area (Å²) < 4.78 is 0. The number of piperazine rings is 1. The first-order valence-corrected chi connectivity index (χ1v) is 9.78. The van der Waals surface area contributed by atoms with Crippen LogP contribution in [0, 0.1) is 20.8 Å². The van der Waals surface area contributed by atoms with Crippen LogP contribution in [-0.2, 0) is 4.79 Å². The van der Waals surface area contributed by atoms with Crippen molar-refractivity contribution >= 4 is 22.7 Å². The zero-order valence-electron chi connectivity index (χ0n) is 17.0. The summed E-state index contributed by atoms with van der Waals surface area (Å²) in [6.07, 6.45) is 2.65.